The van der Waals surface area contributed by atoms with Gasteiger partial charge >= 0.3 is 0 Å². The van der Waals surface area contributed by atoms with Crippen LogP contribution in [0.5, 0.6) is 0 Å². The molecule has 22 heavy (non-hydrogen) atoms. The van der Waals surface area contributed by atoms with Gasteiger partial charge in [-0.3, -0.25) is 0 Å². The van der Waals surface area contributed by atoms with Crippen LogP contribution in [0.25, 0.3) is 10.8 Å². The summed E-state index contributed by atoms with van der Waals surface area (Å²) in [5, 5.41) is 13.0. The number of benzene rings is 1. The highest BCUT2D eigenvalue weighted by molar-refractivity contribution is 5.95. The molecule has 0 unspecified atom stereocenters. The van der Waals surface area contributed by atoms with Crippen molar-refractivity contribution in [2.75, 3.05) is 50.5 Å². The van der Waals surface area contributed by atoms with Crippen LogP contribution in [0, 0.1) is 18.2 Å². The highest BCUT2D eigenvalue weighted by Crippen LogP contribution is 2.43. The SMILES string of the molecule is CNc1nnc(C)c2cc(F)c(N3CC4(CN(C)C4)C3)cc12. The number of nitrogens with zero attached hydrogens (tertiary/aromatic N) is 4. The van der Waals surface area contributed by atoms with Gasteiger partial charge in [0.2, 0.25) is 0 Å². The van der Waals surface area contributed by atoms with Crippen LogP contribution in [0.2, 0.25) is 0 Å². The van der Waals surface area contributed by atoms with E-state index < -0.39 is 0 Å². The number of aromatic nitrogens is 2. The first-order valence-corrected chi connectivity index (χ1v) is 7.59. The molecule has 0 bridgehead atoms. The fourth-order valence-corrected chi connectivity index (χ4v) is 3.95. The Morgan fingerprint density at radius 1 is 1.14 bits per heavy atom. The van der Waals surface area contributed by atoms with Crippen molar-refractivity contribution >= 4 is 22.3 Å². The van der Waals surface area contributed by atoms with Gasteiger partial charge in [0.05, 0.1) is 11.4 Å². The number of halogens is 1. The number of nitrogens with one attached hydrogen (secondary N) is 1. The number of likely N-dealkylation sites (tertiary alicyclic amines) is 1. The normalized spacial score (nSPS) is 20.1. The highest BCUT2D eigenvalue weighted by atomic mass is 19.1. The molecule has 2 aromatic rings. The maximum absolute atomic E-state index is 14.5. The van der Waals surface area contributed by atoms with Gasteiger partial charge in [0.25, 0.3) is 0 Å². The standard InChI is InChI=1S/C16H20FN5/c1-10-11-4-13(17)14(5-12(11)15(18-2)20-19-10)22-8-16(9-22)6-21(3)7-16/h4-5H,6-9H2,1-3H3,(H,18,20). The van der Waals surface area contributed by atoms with Crippen LogP contribution in [-0.4, -0.2) is 55.4 Å². The number of hydrogen-bond acceptors (Lipinski definition) is 5. The van der Waals surface area contributed by atoms with Gasteiger partial charge in [0.1, 0.15) is 5.82 Å². The molecule has 2 aliphatic heterocycles. The van der Waals surface area contributed by atoms with E-state index in [4.69, 9.17) is 0 Å². The average Bonchev–Trinajstić information content (AvgIpc) is 2.42. The Labute approximate surface area is 129 Å². The van der Waals surface area contributed by atoms with E-state index in [1.54, 1.807) is 6.07 Å². The Morgan fingerprint density at radius 2 is 1.86 bits per heavy atom. The van der Waals surface area contributed by atoms with Gasteiger partial charge in [-0.25, -0.2) is 4.39 Å². The second-order valence-corrected chi connectivity index (χ2v) is 6.76. The largest absolute Gasteiger partial charge is 0.371 e. The topological polar surface area (TPSA) is 44.3 Å². The summed E-state index contributed by atoms with van der Waals surface area (Å²) in [5.41, 5.74) is 1.81. The summed E-state index contributed by atoms with van der Waals surface area (Å²) in [6, 6.07) is 3.50. The predicted octanol–water partition coefficient (Wildman–Crippen LogP) is 1.87. The molecule has 3 heterocycles. The third-order valence-corrected chi connectivity index (χ3v) is 4.87. The van der Waals surface area contributed by atoms with Crippen LogP contribution < -0.4 is 10.2 Å². The zero-order chi connectivity index (χ0) is 15.5. The second kappa shape index (κ2) is 4.52. The van der Waals surface area contributed by atoms with Gasteiger partial charge in [0, 0.05) is 49.4 Å². The summed E-state index contributed by atoms with van der Waals surface area (Å²) in [4.78, 5) is 4.45. The Kier molecular flexibility index (Phi) is 2.81. The quantitative estimate of drug-likeness (QED) is 0.917. The molecule has 0 amide bonds. The Balaban J connectivity index is 1.71. The van der Waals surface area contributed by atoms with E-state index in [2.05, 4.69) is 32.4 Å². The molecule has 1 aromatic heterocycles. The fourth-order valence-electron chi connectivity index (χ4n) is 3.95. The van der Waals surface area contributed by atoms with E-state index in [0.717, 1.165) is 42.6 Å². The number of fused-ring (bicyclic) bond motifs is 1. The summed E-state index contributed by atoms with van der Waals surface area (Å²) in [6.07, 6.45) is 0. The van der Waals surface area contributed by atoms with Crippen molar-refractivity contribution in [3.8, 4) is 0 Å². The van der Waals surface area contributed by atoms with Gasteiger partial charge in [-0.2, -0.15) is 5.10 Å². The molecule has 1 spiro atoms. The van der Waals surface area contributed by atoms with E-state index in [-0.39, 0.29) is 5.82 Å². The van der Waals surface area contributed by atoms with Crippen molar-refractivity contribution in [1.29, 1.82) is 0 Å². The third-order valence-electron chi connectivity index (χ3n) is 4.87. The van der Waals surface area contributed by atoms with Crippen molar-refractivity contribution in [2.45, 2.75) is 6.92 Å². The van der Waals surface area contributed by atoms with Crippen molar-refractivity contribution in [1.82, 2.24) is 15.1 Å². The lowest BCUT2D eigenvalue weighted by atomic mass is 9.73. The molecule has 116 valence electrons. The van der Waals surface area contributed by atoms with E-state index in [1.807, 2.05) is 20.0 Å². The van der Waals surface area contributed by atoms with Crippen LogP contribution in [-0.2, 0) is 0 Å². The zero-order valence-corrected chi connectivity index (χ0v) is 13.1. The first-order valence-electron chi connectivity index (χ1n) is 7.59. The zero-order valence-electron chi connectivity index (χ0n) is 13.1. The minimum Gasteiger partial charge on any atom is -0.371 e. The molecule has 2 saturated heterocycles. The van der Waals surface area contributed by atoms with E-state index in [9.17, 15) is 4.39 Å². The molecule has 5 nitrogen and oxygen atoms in total. The lowest BCUT2D eigenvalue weighted by Crippen LogP contribution is -2.71. The molecule has 0 atom stereocenters. The molecule has 0 saturated carbocycles. The van der Waals surface area contributed by atoms with Crippen LogP contribution in [0.1, 0.15) is 5.69 Å². The first-order chi connectivity index (χ1) is 10.5. The van der Waals surface area contributed by atoms with Crippen molar-refractivity contribution in [2.24, 2.45) is 5.41 Å². The van der Waals surface area contributed by atoms with Gasteiger partial charge in [-0.1, -0.05) is 0 Å². The van der Waals surface area contributed by atoms with E-state index >= 15 is 0 Å². The van der Waals surface area contributed by atoms with Gasteiger partial charge in [-0.05, 0) is 26.1 Å². The molecule has 4 rings (SSSR count). The number of anilines is 2. The summed E-state index contributed by atoms with van der Waals surface area (Å²) >= 11 is 0. The van der Waals surface area contributed by atoms with Crippen molar-refractivity contribution < 1.29 is 4.39 Å². The number of aryl methyl sites for hydroxylation is 1. The van der Waals surface area contributed by atoms with Crippen LogP contribution in [0.15, 0.2) is 12.1 Å². The molecule has 2 fully saturated rings. The van der Waals surface area contributed by atoms with Crippen molar-refractivity contribution in [3.05, 3.63) is 23.6 Å². The molecule has 0 radical (unpaired) electrons. The third kappa shape index (κ3) is 1.86. The van der Waals surface area contributed by atoms with E-state index in [1.165, 1.54) is 0 Å². The summed E-state index contributed by atoms with van der Waals surface area (Å²) in [5.74, 6) is 0.522. The van der Waals surface area contributed by atoms with Crippen LogP contribution in [0.4, 0.5) is 15.9 Å². The lowest BCUT2D eigenvalue weighted by molar-refractivity contribution is -0.00268. The molecular formula is C16H20FN5. The Bertz CT molecular complexity index is 746. The average molecular weight is 301 g/mol. The molecule has 6 heteroatoms. The Morgan fingerprint density at radius 3 is 2.50 bits per heavy atom. The molecule has 2 aliphatic rings. The monoisotopic (exact) mass is 301 g/mol. The summed E-state index contributed by atoms with van der Waals surface area (Å²) in [7, 11) is 3.94. The number of hydrogen-bond donors (Lipinski definition) is 1. The summed E-state index contributed by atoms with van der Waals surface area (Å²) < 4.78 is 14.5. The Hall–Kier alpha value is -1.95. The highest BCUT2D eigenvalue weighted by Gasteiger charge is 2.50. The van der Waals surface area contributed by atoms with Crippen LogP contribution in [0.3, 0.4) is 0 Å². The fraction of sp³-hybridized carbons (Fsp3) is 0.500. The second-order valence-electron chi connectivity index (χ2n) is 6.76. The molecule has 1 N–H and O–H groups in total. The van der Waals surface area contributed by atoms with Gasteiger partial charge < -0.3 is 15.1 Å². The lowest BCUT2D eigenvalue weighted by Gasteiger charge is -2.60. The predicted molar refractivity (Wildman–Crippen MR) is 85.9 cm³/mol. The smallest absolute Gasteiger partial charge is 0.156 e. The molecule has 1 aromatic carbocycles. The van der Waals surface area contributed by atoms with Gasteiger partial charge in [0.15, 0.2) is 5.82 Å². The molecular weight excluding hydrogens is 281 g/mol. The maximum Gasteiger partial charge on any atom is 0.156 e. The van der Waals surface area contributed by atoms with Gasteiger partial charge in [-0.15, -0.1) is 5.10 Å². The van der Waals surface area contributed by atoms with Crippen molar-refractivity contribution in [3.63, 3.8) is 0 Å². The molecule has 0 aliphatic carbocycles. The maximum atomic E-state index is 14.5. The summed E-state index contributed by atoms with van der Waals surface area (Å²) in [6.45, 7) is 5.96. The first kappa shape index (κ1) is 13.7. The van der Waals surface area contributed by atoms with Crippen LogP contribution >= 0.6 is 0 Å². The minimum atomic E-state index is -0.173. The minimum absolute atomic E-state index is 0.173. The number of rotatable bonds is 2. The van der Waals surface area contributed by atoms with E-state index in [0.29, 0.717) is 16.9 Å².